The number of carbonyl (C=O) groups excluding carboxylic acids is 2. The van der Waals surface area contributed by atoms with Crippen LogP contribution < -0.4 is 15.5 Å². The van der Waals surface area contributed by atoms with Gasteiger partial charge in [-0.2, -0.15) is 0 Å². The molecule has 148 valence electrons. The Kier molecular flexibility index (Phi) is 6.89. The van der Waals surface area contributed by atoms with Gasteiger partial charge in [-0.3, -0.25) is 4.79 Å². The molecule has 6 heteroatoms. The molecule has 3 rings (SSSR count). The van der Waals surface area contributed by atoms with Gasteiger partial charge in [0.1, 0.15) is 0 Å². The first-order valence-corrected chi connectivity index (χ1v) is 9.73. The second-order valence-electron chi connectivity index (χ2n) is 6.89. The predicted molar refractivity (Wildman–Crippen MR) is 112 cm³/mol. The molecule has 1 aliphatic rings. The minimum absolute atomic E-state index is 0.112. The van der Waals surface area contributed by atoms with Gasteiger partial charge in [0.15, 0.2) is 0 Å². The number of hydrogen-bond donors (Lipinski definition) is 2. The molecule has 0 unspecified atom stereocenters. The van der Waals surface area contributed by atoms with Crippen LogP contribution in [0, 0.1) is 0 Å². The van der Waals surface area contributed by atoms with Gasteiger partial charge in [-0.25, -0.2) is 4.79 Å². The van der Waals surface area contributed by atoms with Crippen LogP contribution in [0.4, 0.5) is 17.1 Å². The fourth-order valence-corrected chi connectivity index (χ4v) is 3.33. The Hall–Kier alpha value is -3.02. The molecule has 28 heavy (non-hydrogen) atoms. The number of carbonyl (C=O) groups is 2. The van der Waals surface area contributed by atoms with E-state index in [1.54, 1.807) is 24.3 Å². The normalized spacial score (nSPS) is 13.7. The van der Waals surface area contributed by atoms with Gasteiger partial charge in [-0.1, -0.05) is 6.07 Å². The van der Waals surface area contributed by atoms with Gasteiger partial charge in [0.05, 0.1) is 12.7 Å². The Balaban J connectivity index is 1.44. The van der Waals surface area contributed by atoms with Crippen molar-refractivity contribution in [3.05, 3.63) is 54.1 Å². The van der Waals surface area contributed by atoms with Crippen LogP contribution in [-0.4, -0.2) is 38.6 Å². The average molecular weight is 381 g/mol. The molecule has 1 amide bonds. The molecule has 1 saturated heterocycles. The molecule has 6 nitrogen and oxygen atoms in total. The van der Waals surface area contributed by atoms with Crippen molar-refractivity contribution < 1.29 is 14.3 Å². The molecule has 0 bridgehead atoms. The smallest absolute Gasteiger partial charge is 0.337 e. The van der Waals surface area contributed by atoms with Crippen LogP contribution in [0.5, 0.6) is 0 Å². The Labute approximate surface area is 165 Å². The third-order valence-corrected chi connectivity index (χ3v) is 4.84. The molecule has 0 atom stereocenters. The molecule has 0 aliphatic carbocycles. The topological polar surface area (TPSA) is 70.7 Å². The van der Waals surface area contributed by atoms with E-state index in [1.807, 2.05) is 0 Å². The molecule has 0 radical (unpaired) electrons. The highest BCUT2D eigenvalue weighted by Gasteiger charge is 2.11. The number of methoxy groups -OCH3 is 1. The fraction of sp³-hybridized carbons (Fsp3) is 0.364. The minimum atomic E-state index is -0.425. The van der Waals surface area contributed by atoms with Crippen molar-refractivity contribution >= 4 is 28.9 Å². The third kappa shape index (κ3) is 5.49. The number of nitrogens with zero attached hydrogens (tertiary/aromatic N) is 1. The SMILES string of the molecule is COC(=O)c1cccc(NC(=O)CCNc2ccc(N3CCCCC3)cc2)c1. The molecule has 0 spiro atoms. The van der Waals surface area contributed by atoms with Crippen molar-refractivity contribution in [1.29, 1.82) is 0 Å². The number of rotatable bonds is 7. The van der Waals surface area contributed by atoms with E-state index < -0.39 is 5.97 Å². The van der Waals surface area contributed by atoms with E-state index in [4.69, 9.17) is 4.74 Å². The molecule has 2 N–H and O–H groups in total. The maximum atomic E-state index is 12.1. The number of piperidine rings is 1. The van der Waals surface area contributed by atoms with Gasteiger partial charge < -0.3 is 20.3 Å². The zero-order valence-corrected chi connectivity index (χ0v) is 16.2. The van der Waals surface area contributed by atoms with Gasteiger partial charge in [0.25, 0.3) is 0 Å². The molecule has 2 aromatic carbocycles. The summed E-state index contributed by atoms with van der Waals surface area (Å²) in [5, 5.41) is 6.08. The van der Waals surface area contributed by atoms with E-state index >= 15 is 0 Å². The highest BCUT2D eigenvalue weighted by Crippen LogP contribution is 2.21. The van der Waals surface area contributed by atoms with Crippen molar-refractivity contribution in [2.24, 2.45) is 0 Å². The summed E-state index contributed by atoms with van der Waals surface area (Å²) in [7, 11) is 1.33. The van der Waals surface area contributed by atoms with Crippen molar-refractivity contribution in [3.63, 3.8) is 0 Å². The third-order valence-electron chi connectivity index (χ3n) is 4.84. The molecule has 0 aromatic heterocycles. The second-order valence-corrected chi connectivity index (χ2v) is 6.89. The Morgan fingerprint density at radius 3 is 2.46 bits per heavy atom. The molecule has 0 saturated carbocycles. The zero-order chi connectivity index (χ0) is 19.8. The van der Waals surface area contributed by atoms with Crippen molar-refractivity contribution in [3.8, 4) is 0 Å². The van der Waals surface area contributed by atoms with E-state index in [0.29, 0.717) is 24.2 Å². The maximum Gasteiger partial charge on any atom is 0.337 e. The van der Waals surface area contributed by atoms with Gasteiger partial charge in [0, 0.05) is 43.1 Å². The lowest BCUT2D eigenvalue weighted by molar-refractivity contribution is -0.115. The summed E-state index contributed by atoms with van der Waals surface area (Å²) < 4.78 is 4.69. The van der Waals surface area contributed by atoms with Crippen LogP contribution in [0.3, 0.4) is 0 Å². The first-order valence-electron chi connectivity index (χ1n) is 9.73. The van der Waals surface area contributed by atoms with Crippen LogP contribution in [0.1, 0.15) is 36.0 Å². The summed E-state index contributed by atoms with van der Waals surface area (Å²) in [5.41, 5.74) is 3.25. The van der Waals surface area contributed by atoms with Crippen molar-refractivity contribution in [1.82, 2.24) is 0 Å². The van der Waals surface area contributed by atoms with Crippen LogP contribution >= 0.6 is 0 Å². The van der Waals surface area contributed by atoms with Crippen molar-refractivity contribution in [2.75, 3.05) is 42.3 Å². The van der Waals surface area contributed by atoms with Gasteiger partial charge in [0.2, 0.25) is 5.91 Å². The highest BCUT2D eigenvalue weighted by atomic mass is 16.5. The van der Waals surface area contributed by atoms with E-state index in [2.05, 4.69) is 39.8 Å². The fourth-order valence-electron chi connectivity index (χ4n) is 3.33. The number of ether oxygens (including phenoxy) is 1. The van der Waals surface area contributed by atoms with Crippen LogP contribution in [-0.2, 0) is 9.53 Å². The number of nitrogens with one attached hydrogen (secondary N) is 2. The van der Waals surface area contributed by atoms with Crippen molar-refractivity contribution in [2.45, 2.75) is 25.7 Å². The molecule has 1 heterocycles. The Morgan fingerprint density at radius 2 is 1.75 bits per heavy atom. The van der Waals surface area contributed by atoms with E-state index in [1.165, 1.54) is 32.1 Å². The molecule has 2 aromatic rings. The second kappa shape index (κ2) is 9.78. The first kappa shape index (κ1) is 19.7. The molecular formula is C22H27N3O3. The molecular weight excluding hydrogens is 354 g/mol. The largest absolute Gasteiger partial charge is 0.465 e. The summed E-state index contributed by atoms with van der Waals surface area (Å²) in [5.74, 6) is -0.537. The highest BCUT2D eigenvalue weighted by molar-refractivity contribution is 5.94. The number of hydrogen-bond acceptors (Lipinski definition) is 5. The number of amides is 1. The summed E-state index contributed by atoms with van der Waals surface area (Å²) in [6.45, 7) is 2.79. The molecule has 1 fully saturated rings. The number of esters is 1. The van der Waals surface area contributed by atoms with Gasteiger partial charge >= 0.3 is 5.97 Å². The Bertz CT molecular complexity index is 799. The standard InChI is InChI=1S/C22H27N3O3/c1-28-22(27)17-6-5-7-19(16-17)24-21(26)12-13-23-18-8-10-20(11-9-18)25-14-3-2-4-15-25/h5-11,16,23H,2-4,12-15H2,1H3,(H,24,26). The quantitative estimate of drug-likeness (QED) is 0.712. The van der Waals surface area contributed by atoms with E-state index in [0.717, 1.165) is 18.8 Å². The van der Waals surface area contributed by atoms with E-state index in [9.17, 15) is 9.59 Å². The predicted octanol–water partition coefficient (Wildman–Crippen LogP) is 3.90. The lowest BCUT2D eigenvalue weighted by Gasteiger charge is -2.28. The lowest BCUT2D eigenvalue weighted by Crippen LogP contribution is -2.29. The number of benzene rings is 2. The Morgan fingerprint density at radius 1 is 1.00 bits per heavy atom. The summed E-state index contributed by atoms with van der Waals surface area (Å²) in [6.07, 6.45) is 4.18. The van der Waals surface area contributed by atoms with Crippen LogP contribution in [0.25, 0.3) is 0 Å². The average Bonchev–Trinajstić information content (AvgIpc) is 2.74. The van der Waals surface area contributed by atoms with E-state index in [-0.39, 0.29) is 5.91 Å². The molecule has 1 aliphatic heterocycles. The lowest BCUT2D eigenvalue weighted by atomic mass is 10.1. The summed E-state index contributed by atoms with van der Waals surface area (Å²) in [4.78, 5) is 26.1. The zero-order valence-electron chi connectivity index (χ0n) is 16.2. The number of anilines is 3. The summed E-state index contributed by atoms with van der Waals surface area (Å²) in [6, 6.07) is 15.1. The summed E-state index contributed by atoms with van der Waals surface area (Å²) >= 11 is 0. The maximum absolute atomic E-state index is 12.1. The van der Waals surface area contributed by atoms with Gasteiger partial charge in [-0.15, -0.1) is 0 Å². The minimum Gasteiger partial charge on any atom is -0.465 e. The van der Waals surface area contributed by atoms with Crippen LogP contribution in [0.2, 0.25) is 0 Å². The van der Waals surface area contributed by atoms with Gasteiger partial charge in [-0.05, 0) is 61.7 Å². The van der Waals surface area contributed by atoms with Crippen LogP contribution in [0.15, 0.2) is 48.5 Å². The first-order chi connectivity index (χ1) is 13.7. The monoisotopic (exact) mass is 381 g/mol.